The van der Waals surface area contributed by atoms with E-state index in [2.05, 4.69) is 20.9 Å². The highest BCUT2D eigenvalue weighted by molar-refractivity contribution is 6.03. The van der Waals surface area contributed by atoms with Crippen LogP contribution in [0.25, 0.3) is 0 Å². The Hall–Kier alpha value is -3.23. The van der Waals surface area contributed by atoms with E-state index in [9.17, 15) is 24.0 Å². The van der Waals surface area contributed by atoms with Crippen LogP contribution in [0.4, 0.5) is 0 Å². The second kappa shape index (κ2) is 17.7. The van der Waals surface area contributed by atoms with Crippen LogP contribution in [0.2, 0.25) is 0 Å². The Kier molecular flexibility index (Phi) is 14.0. The molecule has 0 aromatic carbocycles. The lowest BCUT2D eigenvalue weighted by Crippen LogP contribution is -2.38. The van der Waals surface area contributed by atoms with Gasteiger partial charge in [0, 0.05) is 37.8 Å². The maximum absolute atomic E-state index is 12.7. The fourth-order valence-corrected chi connectivity index (χ4v) is 4.91. The third-order valence-electron chi connectivity index (χ3n) is 7.45. The van der Waals surface area contributed by atoms with E-state index in [0.29, 0.717) is 71.1 Å². The zero-order valence-electron chi connectivity index (χ0n) is 24.7. The van der Waals surface area contributed by atoms with Gasteiger partial charge in [-0.3, -0.25) is 28.9 Å². The summed E-state index contributed by atoms with van der Waals surface area (Å²) in [4.78, 5) is 61.0. The first-order valence-electron chi connectivity index (χ1n) is 14.8. The summed E-state index contributed by atoms with van der Waals surface area (Å²) >= 11 is 0. The van der Waals surface area contributed by atoms with E-state index in [0.717, 1.165) is 25.7 Å². The van der Waals surface area contributed by atoms with Gasteiger partial charge in [0.15, 0.2) is 5.78 Å². The molecule has 4 amide bonds. The van der Waals surface area contributed by atoms with Crippen molar-refractivity contribution < 1.29 is 38.2 Å². The number of nitrogens with one attached hydrogen (secondary N) is 2. The van der Waals surface area contributed by atoms with E-state index in [1.165, 1.54) is 4.90 Å². The maximum Gasteiger partial charge on any atom is 0.246 e. The summed E-state index contributed by atoms with van der Waals surface area (Å²) in [6, 6.07) is 0. The molecule has 1 aliphatic heterocycles. The Balaban J connectivity index is 1.18. The molecule has 1 aliphatic carbocycles. The second-order valence-electron chi connectivity index (χ2n) is 10.8. The van der Waals surface area contributed by atoms with Gasteiger partial charge in [0.05, 0.1) is 45.7 Å². The number of Topliss-reactive ketones (excluding diaryl/α,β-unsaturated/α-hetero) is 1. The van der Waals surface area contributed by atoms with Gasteiger partial charge in [-0.1, -0.05) is 19.1 Å². The number of amides is 4. The Bertz CT molecular complexity index is 1050. The molecule has 0 spiro atoms. The fourth-order valence-electron chi connectivity index (χ4n) is 4.91. The van der Waals surface area contributed by atoms with E-state index in [1.807, 2.05) is 0 Å². The highest BCUT2D eigenvalue weighted by atomic mass is 16.5. The summed E-state index contributed by atoms with van der Waals surface area (Å²) in [7, 11) is 0. The molecule has 1 atom stereocenters. The van der Waals surface area contributed by atoms with Crippen LogP contribution in [0, 0.1) is 17.8 Å². The summed E-state index contributed by atoms with van der Waals surface area (Å²) in [5, 5.41) is 13.8. The standard InChI is InChI=1S/C28H44N6O8/c1-3-24(35)18-42-19-25(36)29-8-10-40-12-13-41-11-9-33-17-23(31-32-33)15-30-27(38)22-6-4-21(5-7-22)16-34-26(37)14-20(2)28(34)39/h17,20-22H,3-16,18-19H2,1-2H3,(H,29,36)(H,30,38). The number of hydrogen-bond acceptors (Lipinski definition) is 10. The molecular weight excluding hydrogens is 548 g/mol. The van der Waals surface area contributed by atoms with Crippen LogP contribution < -0.4 is 10.6 Å². The number of imide groups is 1. The average Bonchev–Trinajstić information content (AvgIpc) is 3.54. The van der Waals surface area contributed by atoms with Gasteiger partial charge in [0.25, 0.3) is 0 Å². The minimum atomic E-state index is -0.296. The van der Waals surface area contributed by atoms with Gasteiger partial charge in [0.2, 0.25) is 23.6 Å². The monoisotopic (exact) mass is 592 g/mol. The topological polar surface area (TPSA) is 171 Å². The number of aromatic nitrogens is 3. The van der Waals surface area contributed by atoms with Crippen molar-refractivity contribution in [3.63, 3.8) is 0 Å². The average molecular weight is 593 g/mol. The van der Waals surface area contributed by atoms with Crippen molar-refractivity contribution in [1.29, 1.82) is 0 Å². The van der Waals surface area contributed by atoms with Crippen molar-refractivity contribution in [3.05, 3.63) is 11.9 Å². The predicted molar refractivity (Wildman–Crippen MR) is 149 cm³/mol. The molecule has 1 unspecified atom stereocenters. The van der Waals surface area contributed by atoms with Gasteiger partial charge >= 0.3 is 0 Å². The first kappa shape index (κ1) is 33.3. The Morgan fingerprint density at radius 2 is 1.71 bits per heavy atom. The third-order valence-corrected chi connectivity index (χ3v) is 7.45. The van der Waals surface area contributed by atoms with Gasteiger partial charge < -0.3 is 24.8 Å². The summed E-state index contributed by atoms with van der Waals surface area (Å²) in [6.07, 6.45) is 5.57. The van der Waals surface area contributed by atoms with Crippen molar-refractivity contribution in [1.82, 2.24) is 30.5 Å². The van der Waals surface area contributed by atoms with Crippen LogP contribution in [-0.4, -0.2) is 102 Å². The minimum Gasteiger partial charge on any atom is -0.377 e. The highest BCUT2D eigenvalue weighted by Crippen LogP contribution is 2.31. The number of carbonyl (C=O) groups is 5. The number of rotatable bonds is 19. The smallest absolute Gasteiger partial charge is 0.246 e. The molecule has 1 aromatic heterocycles. The highest BCUT2D eigenvalue weighted by Gasteiger charge is 2.37. The van der Waals surface area contributed by atoms with Crippen molar-refractivity contribution >= 4 is 29.4 Å². The largest absolute Gasteiger partial charge is 0.377 e. The molecule has 14 nitrogen and oxygen atoms in total. The van der Waals surface area contributed by atoms with E-state index in [4.69, 9.17) is 14.2 Å². The minimum absolute atomic E-state index is 0.00959. The molecule has 14 heteroatoms. The van der Waals surface area contributed by atoms with Gasteiger partial charge in [-0.15, -0.1) is 5.10 Å². The molecule has 1 saturated heterocycles. The quantitative estimate of drug-likeness (QED) is 0.167. The molecule has 2 N–H and O–H groups in total. The van der Waals surface area contributed by atoms with Gasteiger partial charge in [0.1, 0.15) is 18.9 Å². The molecule has 234 valence electrons. The van der Waals surface area contributed by atoms with E-state index in [1.54, 1.807) is 24.7 Å². The van der Waals surface area contributed by atoms with Crippen molar-refractivity contribution in [2.24, 2.45) is 17.8 Å². The lowest BCUT2D eigenvalue weighted by Gasteiger charge is -2.30. The predicted octanol–water partition coefficient (Wildman–Crippen LogP) is 0.241. The van der Waals surface area contributed by atoms with Crippen molar-refractivity contribution in [2.45, 2.75) is 65.5 Å². The summed E-state index contributed by atoms with van der Waals surface area (Å²) in [6.45, 7) is 6.45. The lowest BCUT2D eigenvalue weighted by molar-refractivity contribution is -0.140. The van der Waals surface area contributed by atoms with Gasteiger partial charge in [-0.05, 0) is 31.6 Å². The normalized spacial score (nSPS) is 20.6. The van der Waals surface area contributed by atoms with E-state index < -0.39 is 0 Å². The molecule has 3 rings (SSSR count). The van der Waals surface area contributed by atoms with Crippen molar-refractivity contribution in [2.75, 3.05) is 52.7 Å². The number of ketones is 1. The van der Waals surface area contributed by atoms with Crippen LogP contribution >= 0.6 is 0 Å². The number of hydrogen-bond donors (Lipinski definition) is 2. The zero-order valence-corrected chi connectivity index (χ0v) is 24.7. The zero-order chi connectivity index (χ0) is 30.3. The second-order valence-corrected chi connectivity index (χ2v) is 10.8. The third kappa shape index (κ3) is 11.2. The molecule has 0 radical (unpaired) electrons. The van der Waals surface area contributed by atoms with Crippen LogP contribution in [0.3, 0.4) is 0 Å². The van der Waals surface area contributed by atoms with E-state index >= 15 is 0 Å². The molecule has 1 saturated carbocycles. The molecule has 0 bridgehead atoms. The molecular formula is C28H44N6O8. The Labute approximate surface area is 246 Å². The molecule has 2 aliphatic rings. The lowest BCUT2D eigenvalue weighted by atomic mass is 9.81. The Morgan fingerprint density at radius 1 is 0.976 bits per heavy atom. The molecule has 42 heavy (non-hydrogen) atoms. The summed E-state index contributed by atoms with van der Waals surface area (Å²) < 4.78 is 17.6. The summed E-state index contributed by atoms with van der Waals surface area (Å²) in [5.74, 6) is -0.557. The first-order chi connectivity index (χ1) is 20.3. The van der Waals surface area contributed by atoms with Crippen LogP contribution in [0.1, 0.15) is 58.1 Å². The summed E-state index contributed by atoms with van der Waals surface area (Å²) in [5.41, 5.74) is 0.657. The number of ether oxygens (including phenoxy) is 3. The number of nitrogens with zero attached hydrogens (tertiary/aromatic N) is 4. The van der Waals surface area contributed by atoms with Gasteiger partial charge in [-0.2, -0.15) is 0 Å². The fraction of sp³-hybridized carbons (Fsp3) is 0.750. The Morgan fingerprint density at radius 3 is 2.40 bits per heavy atom. The van der Waals surface area contributed by atoms with Crippen LogP contribution in [0.5, 0.6) is 0 Å². The molecule has 2 heterocycles. The van der Waals surface area contributed by atoms with Crippen molar-refractivity contribution in [3.8, 4) is 0 Å². The molecule has 2 fully saturated rings. The van der Waals surface area contributed by atoms with E-state index in [-0.39, 0.29) is 60.4 Å². The number of carbonyl (C=O) groups excluding carboxylic acids is 5. The first-order valence-corrected chi connectivity index (χ1v) is 14.8. The SMILES string of the molecule is CCC(=O)COCC(=O)NCCOCCOCCn1cc(CNC(=O)C2CCC(CN3C(=O)CC(C)C3=O)CC2)nn1. The van der Waals surface area contributed by atoms with Gasteiger partial charge in [-0.25, -0.2) is 4.68 Å². The molecule has 1 aromatic rings. The number of likely N-dealkylation sites (tertiary alicyclic amines) is 1. The van der Waals surface area contributed by atoms with Crippen LogP contribution in [0.15, 0.2) is 6.20 Å². The van der Waals surface area contributed by atoms with Crippen LogP contribution in [-0.2, 0) is 51.3 Å². The maximum atomic E-state index is 12.7.